The summed E-state index contributed by atoms with van der Waals surface area (Å²) in [5.41, 5.74) is 10.2. The zero-order valence-electron chi connectivity index (χ0n) is 15.1. The lowest BCUT2D eigenvalue weighted by Gasteiger charge is -2.17. The summed E-state index contributed by atoms with van der Waals surface area (Å²) in [5, 5.41) is 1.10. The predicted molar refractivity (Wildman–Crippen MR) is 112 cm³/mol. The SMILES string of the molecule is Nc1nc(C(c2ccccc2)c2ccccc2)nc2sc3c(c12)CCCC3. The van der Waals surface area contributed by atoms with Gasteiger partial charge in [-0.25, -0.2) is 9.97 Å². The van der Waals surface area contributed by atoms with Crippen LogP contribution in [-0.4, -0.2) is 9.97 Å². The number of hydrogen-bond acceptors (Lipinski definition) is 4. The van der Waals surface area contributed by atoms with Crippen LogP contribution in [0.1, 0.15) is 46.2 Å². The summed E-state index contributed by atoms with van der Waals surface area (Å²) in [6.07, 6.45) is 4.74. The summed E-state index contributed by atoms with van der Waals surface area (Å²) in [7, 11) is 0. The first-order valence-electron chi connectivity index (χ1n) is 9.49. The van der Waals surface area contributed by atoms with Crippen LogP contribution < -0.4 is 5.73 Å². The highest BCUT2D eigenvalue weighted by molar-refractivity contribution is 7.19. The van der Waals surface area contributed by atoms with Gasteiger partial charge in [-0.1, -0.05) is 60.7 Å². The predicted octanol–water partition coefficient (Wildman–Crippen LogP) is 5.33. The molecule has 0 aliphatic heterocycles. The molecule has 0 spiro atoms. The second kappa shape index (κ2) is 6.78. The molecule has 0 radical (unpaired) electrons. The van der Waals surface area contributed by atoms with E-state index in [4.69, 9.17) is 15.7 Å². The number of anilines is 1. The van der Waals surface area contributed by atoms with Crippen LogP contribution >= 0.6 is 11.3 Å². The Balaban J connectivity index is 1.71. The van der Waals surface area contributed by atoms with Crippen molar-refractivity contribution in [1.82, 2.24) is 9.97 Å². The van der Waals surface area contributed by atoms with E-state index < -0.39 is 0 Å². The molecule has 0 bridgehead atoms. The lowest BCUT2D eigenvalue weighted by atomic mass is 9.90. The van der Waals surface area contributed by atoms with Crippen molar-refractivity contribution < 1.29 is 0 Å². The van der Waals surface area contributed by atoms with Crippen LogP contribution in [0.4, 0.5) is 5.82 Å². The van der Waals surface area contributed by atoms with Crippen LogP contribution in [0.3, 0.4) is 0 Å². The molecule has 0 atom stereocenters. The van der Waals surface area contributed by atoms with E-state index in [1.807, 2.05) is 12.1 Å². The molecule has 0 saturated heterocycles. The molecule has 0 unspecified atom stereocenters. The number of benzene rings is 2. The van der Waals surface area contributed by atoms with Gasteiger partial charge in [-0.05, 0) is 42.4 Å². The molecule has 1 aliphatic carbocycles. The zero-order valence-corrected chi connectivity index (χ0v) is 15.9. The Morgan fingerprint density at radius 2 is 1.44 bits per heavy atom. The second-order valence-corrected chi connectivity index (χ2v) is 8.20. The number of aromatic nitrogens is 2. The number of aryl methyl sites for hydroxylation is 2. The van der Waals surface area contributed by atoms with Crippen LogP contribution in [0.25, 0.3) is 10.2 Å². The molecule has 4 heteroatoms. The van der Waals surface area contributed by atoms with Crippen molar-refractivity contribution >= 4 is 27.4 Å². The molecular formula is C23H21N3S. The van der Waals surface area contributed by atoms with Gasteiger partial charge < -0.3 is 5.73 Å². The Kier molecular flexibility index (Phi) is 4.13. The van der Waals surface area contributed by atoms with Gasteiger partial charge >= 0.3 is 0 Å². The smallest absolute Gasteiger partial charge is 0.144 e. The number of hydrogen-bond donors (Lipinski definition) is 1. The van der Waals surface area contributed by atoms with E-state index in [-0.39, 0.29) is 5.92 Å². The lowest BCUT2D eigenvalue weighted by Crippen LogP contribution is -2.10. The number of nitrogen functional groups attached to an aromatic ring is 1. The van der Waals surface area contributed by atoms with Crippen LogP contribution in [0, 0.1) is 0 Å². The number of nitrogens with two attached hydrogens (primary N) is 1. The fraction of sp³-hybridized carbons (Fsp3) is 0.217. The first-order valence-corrected chi connectivity index (χ1v) is 10.3. The van der Waals surface area contributed by atoms with Gasteiger partial charge in [-0.2, -0.15) is 0 Å². The van der Waals surface area contributed by atoms with E-state index >= 15 is 0 Å². The van der Waals surface area contributed by atoms with Crippen molar-refractivity contribution in [1.29, 1.82) is 0 Å². The minimum Gasteiger partial charge on any atom is -0.383 e. The monoisotopic (exact) mass is 371 g/mol. The maximum absolute atomic E-state index is 6.48. The quantitative estimate of drug-likeness (QED) is 0.529. The Hall–Kier alpha value is -2.72. The highest BCUT2D eigenvalue weighted by Gasteiger charge is 2.24. The van der Waals surface area contributed by atoms with Gasteiger partial charge in [0.2, 0.25) is 0 Å². The van der Waals surface area contributed by atoms with E-state index in [1.54, 1.807) is 11.3 Å². The molecular weight excluding hydrogens is 350 g/mol. The van der Waals surface area contributed by atoms with Crippen molar-refractivity contribution in [2.24, 2.45) is 0 Å². The molecule has 0 fully saturated rings. The molecule has 0 amide bonds. The number of fused-ring (bicyclic) bond motifs is 3. The molecule has 3 nitrogen and oxygen atoms in total. The summed E-state index contributed by atoms with van der Waals surface area (Å²) < 4.78 is 0. The van der Waals surface area contributed by atoms with Gasteiger partial charge in [-0.15, -0.1) is 11.3 Å². The third-order valence-electron chi connectivity index (χ3n) is 5.38. The van der Waals surface area contributed by atoms with Crippen molar-refractivity contribution in [2.75, 3.05) is 5.73 Å². The number of rotatable bonds is 3. The summed E-state index contributed by atoms with van der Waals surface area (Å²) in [6, 6.07) is 20.9. The van der Waals surface area contributed by atoms with Crippen LogP contribution in [0.2, 0.25) is 0 Å². The van der Waals surface area contributed by atoms with E-state index in [1.165, 1.54) is 34.4 Å². The zero-order chi connectivity index (χ0) is 18.2. The Morgan fingerprint density at radius 3 is 2.11 bits per heavy atom. The Labute approximate surface area is 162 Å². The van der Waals surface area contributed by atoms with Crippen molar-refractivity contribution in [2.45, 2.75) is 31.6 Å². The topological polar surface area (TPSA) is 51.8 Å². The molecule has 1 aliphatic rings. The van der Waals surface area contributed by atoms with E-state index in [0.717, 1.165) is 28.9 Å². The minimum absolute atomic E-state index is 0.0155. The van der Waals surface area contributed by atoms with E-state index in [0.29, 0.717) is 5.82 Å². The fourth-order valence-corrected chi connectivity index (χ4v) is 5.39. The molecule has 2 N–H and O–H groups in total. The molecule has 2 heterocycles. The van der Waals surface area contributed by atoms with Crippen molar-refractivity contribution in [3.8, 4) is 0 Å². The molecule has 4 aromatic rings. The Morgan fingerprint density at radius 1 is 0.815 bits per heavy atom. The number of nitrogens with zero attached hydrogens (tertiary/aromatic N) is 2. The highest BCUT2D eigenvalue weighted by Crippen LogP contribution is 2.39. The maximum atomic E-state index is 6.48. The van der Waals surface area contributed by atoms with Gasteiger partial charge in [0.1, 0.15) is 16.5 Å². The first kappa shape index (κ1) is 16.5. The molecule has 5 rings (SSSR count). The van der Waals surface area contributed by atoms with Crippen molar-refractivity contribution in [3.63, 3.8) is 0 Å². The fourth-order valence-electron chi connectivity index (χ4n) is 4.11. The molecule has 134 valence electrons. The summed E-state index contributed by atoms with van der Waals surface area (Å²) >= 11 is 1.80. The van der Waals surface area contributed by atoms with E-state index in [2.05, 4.69) is 48.5 Å². The van der Waals surface area contributed by atoms with Gasteiger partial charge in [0.15, 0.2) is 0 Å². The van der Waals surface area contributed by atoms with E-state index in [9.17, 15) is 0 Å². The van der Waals surface area contributed by atoms with Gasteiger partial charge in [-0.3, -0.25) is 0 Å². The normalized spacial score (nSPS) is 13.8. The Bertz CT molecular complexity index is 1050. The van der Waals surface area contributed by atoms with Gasteiger partial charge in [0.25, 0.3) is 0 Å². The van der Waals surface area contributed by atoms with Gasteiger partial charge in [0.05, 0.1) is 11.3 Å². The van der Waals surface area contributed by atoms with Crippen LogP contribution in [0.15, 0.2) is 60.7 Å². The standard InChI is InChI=1S/C23H21N3S/c24-21-20-17-13-7-8-14-18(17)27-23(20)26-22(25-21)19(15-9-3-1-4-10-15)16-11-5-2-6-12-16/h1-6,9-12,19H,7-8,13-14H2,(H2,24,25,26). The van der Waals surface area contributed by atoms with Gasteiger partial charge in [0, 0.05) is 4.88 Å². The average Bonchev–Trinajstić information content (AvgIpc) is 3.09. The lowest BCUT2D eigenvalue weighted by molar-refractivity contribution is 0.700. The summed E-state index contributed by atoms with van der Waals surface area (Å²) in [6.45, 7) is 0. The third-order valence-corrected chi connectivity index (χ3v) is 6.57. The van der Waals surface area contributed by atoms with Crippen LogP contribution in [-0.2, 0) is 12.8 Å². The molecule has 0 saturated carbocycles. The van der Waals surface area contributed by atoms with Crippen LogP contribution in [0.5, 0.6) is 0 Å². The molecule has 2 aromatic carbocycles. The minimum atomic E-state index is -0.0155. The summed E-state index contributed by atoms with van der Waals surface area (Å²) in [5.74, 6) is 1.40. The molecule has 2 aromatic heterocycles. The maximum Gasteiger partial charge on any atom is 0.144 e. The number of thiophene rings is 1. The molecule has 27 heavy (non-hydrogen) atoms. The average molecular weight is 372 g/mol. The highest BCUT2D eigenvalue weighted by atomic mass is 32.1. The second-order valence-electron chi connectivity index (χ2n) is 7.11. The summed E-state index contributed by atoms with van der Waals surface area (Å²) in [4.78, 5) is 12.3. The first-order chi connectivity index (χ1) is 13.3. The van der Waals surface area contributed by atoms with Crippen molar-refractivity contribution in [3.05, 3.63) is 88.1 Å². The third kappa shape index (κ3) is 2.90. The largest absolute Gasteiger partial charge is 0.383 e.